The second-order valence-electron chi connectivity index (χ2n) is 5.69. The number of amides is 1. The third kappa shape index (κ3) is 3.90. The first kappa shape index (κ1) is 14.7. The molecule has 0 aliphatic carbocycles. The number of aromatic amines is 1. The van der Waals surface area contributed by atoms with Gasteiger partial charge < -0.3 is 15.2 Å². The van der Waals surface area contributed by atoms with Gasteiger partial charge in [-0.2, -0.15) is 0 Å². The standard InChI is InChI=1S/C14H22N4O2/c1-10(2)8-18(9-11-4-3-5-15-11)14(20)12-6-17-13(19)7-16-12/h6-7,10-11,15H,3-5,8-9H2,1-2H3,(H,17,19). The second-order valence-corrected chi connectivity index (χ2v) is 5.69. The zero-order valence-corrected chi connectivity index (χ0v) is 12.1. The molecule has 1 aromatic rings. The van der Waals surface area contributed by atoms with Crippen molar-refractivity contribution in [1.29, 1.82) is 0 Å². The van der Waals surface area contributed by atoms with Gasteiger partial charge in [0.05, 0.1) is 6.20 Å². The fourth-order valence-electron chi connectivity index (χ4n) is 2.48. The van der Waals surface area contributed by atoms with Crippen LogP contribution in [0.4, 0.5) is 0 Å². The molecule has 1 amide bonds. The Bertz CT molecular complexity index is 486. The van der Waals surface area contributed by atoms with E-state index >= 15 is 0 Å². The van der Waals surface area contributed by atoms with Gasteiger partial charge in [0.1, 0.15) is 5.69 Å². The van der Waals surface area contributed by atoms with Crippen molar-refractivity contribution >= 4 is 5.91 Å². The molecule has 0 radical (unpaired) electrons. The zero-order chi connectivity index (χ0) is 14.5. The van der Waals surface area contributed by atoms with Crippen molar-refractivity contribution in [2.75, 3.05) is 19.6 Å². The molecule has 2 N–H and O–H groups in total. The number of rotatable bonds is 5. The summed E-state index contributed by atoms with van der Waals surface area (Å²) in [5.74, 6) is 0.270. The van der Waals surface area contributed by atoms with Crippen LogP contribution in [0.25, 0.3) is 0 Å². The molecule has 6 heteroatoms. The van der Waals surface area contributed by atoms with Gasteiger partial charge in [0, 0.05) is 25.3 Å². The van der Waals surface area contributed by atoms with Crippen molar-refractivity contribution in [3.8, 4) is 0 Å². The van der Waals surface area contributed by atoms with Crippen molar-refractivity contribution in [2.24, 2.45) is 5.92 Å². The molecule has 0 bridgehead atoms. The third-order valence-electron chi connectivity index (χ3n) is 3.37. The zero-order valence-electron chi connectivity index (χ0n) is 12.1. The summed E-state index contributed by atoms with van der Waals surface area (Å²) < 4.78 is 0. The quantitative estimate of drug-likeness (QED) is 0.827. The lowest BCUT2D eigenvalue weighted by molar-refractivity contribution is 0.0715. The molecule has 20 heavy (non-hydrogen) atoms. The van der Waals surface area contributed by atoms with Gasteiger partial charge in [0.25, 0.3) is 11.5 Å². The Hall–Kier alpha value is -1.69. The van der Waals surface area contributed by atoms with Crippen LogP contribution in [0.2, 0.25) is 0 Å². The molecular weight excluding hydrogens is 256 g/mol. The highest BCUT2D eigenvalue weighted by molar-refractivity contribution is 5.92. The largest absolute Gasteiger partial charge is 0.335 e. The molecule has 2 rings (SSSR count). The summed E-state index contributed by atoms with van der Waals surface area (Å²) in [4.78, 5) is 31.8. The Morgan fingerprint density at radius 2 is 2.35 bits per heavy atom. The van der Waals surface area contributed by atoms with E-state index < -0.39 is 0 Å². The normalized spacial score (nSPS) is 18.4. The van der Waals surface area contributed by atoms with Crippen LogP contribution in [0.3, 0.4) is 0 Å². The molecule has 110 valence electrons. The summed E-state index contributed by atoms with van der Waals surface area (Å²) in [7, 11) is 0. The van der Waals surface area contributed by atoms with Crippen LogP contribution in [0, 0.1) is 5.92 Å². The Kier molecular flexibility index (Phi) is 4.89. The minimum atomic E-state index is -0.297. The maximum absolute atomic E-state index is 12.5. The first-order chi connectivity index (χ1) is 9.56. The van der Waals surface area contributed by atoms with E-state index in [0.29, 0.717) is 30.7 Å². The number of nitrogens with zero attached hydrogens (tertiary/aromatic N) is 2. The third-order valence-corrected chi connectivity index (χ3v) is 3.37. The van der Waals surface area contributed by atoms with Crippen LogP contribution in [0.15, 0.2) is 17.2 Å². The SMILES string of the molecule is CC(C)CN(CC1CCCN1)C(=O)c1c[nH]c(=O)cn1. The molecule has 1 fully saturated rings. The number of nitrogens with one attached hydrogen (secondary N) is 2. The molecule has 0 spiro atoms. The van der Waals surface area contributed by atoms with E-state index in [9.17, 15) is 9.59 Å². The number of H-pyrrole nitrogens is 1. The van der Waals surface area contributed by atoms with Gasteiger partial charge in [0.15, 0.2) is 0 Å². The lowest BCUT2D eigenvalue weighted by Crippen LogP contribution is -2.43. The molecule has 1 atom stereocenters. The van der Waals surface area contributed by atoms with Crippen molar-refractivity contribution in [3.05, 3.63) is 28.4 Å². The van der Waals surface area contributed by atoms with E-state index in [0.717, 1.165) is 25.6 Å². The summed E-state index contributed by atoms with van der Waals surface area (Å²) in [5.41, 5.74) is -0.00216. The van der Waals surface area contributed by atoms with Gasteiger partial charge in [-0.1, -0.05) is 13.8 Å². The molecular formula is C14H22N4O2. The number of hydrogen-bond acceptors (Lipinski definition) is 4. The average Bonchev–Trinajstić information content (AvgIpc) is 2.90. The summed E-state index contributed by atoms with van der Waals surface area (Å²) in [6, 6.07) is 0.362. The molecule has 1 aromatic heterocycles. The van der Waals surface area contributed by atoms with E-state index in [1.807, 2.05) is 4.90 Å². The first-order valence-electron chi connectivity index (χ1n) is 7.13. The Morgan fingerprint density at radius 3 is 2.90 bits per heavy atom. The predicted octanol–water partition coefficient (Wildman–Crippen LogP) is 0.620. The lowest BCUT2D eigenvalue weighted by Gasteiger charge is -2.27. The monoisotopic (exact) mass is 278 g/mol. The van der Waals surface area contributed by atoms with Crippen molar-refractivity contribution in [2.45, 2.75) is 32.7 Å². The maximum Gasteiger partial charge on any atom is 0.274 e. The highest BCUT2D eigenvalue weighted by Gasteiger charge is 2.23. The second kappa shape index (κ2) is 6.65. The van der Waals surface area contributed by atoms with E-state index in [1.54, 1.807) is 0 Å². The highest BCUT2D eigenvalue weighted by atomic mass is 16.2. The van der Waals surface area contributed by atoms with Crippen LogP contribution in [-0.4, -0.2) is 46.5 Å². The van der Waals surface area contributed by atoms with Crippen LogP contribution in [-0.2, 0) is 0 Å². The van der Waals surface area contributed by atoms with E-state index in [4.69, 9.17) is 0 Å². The molecule has 6 nitrogen and oxygen atoms in total. The topological polar surface area (TPSA) is 78.1 Å². The van der Waals surface area contributed by atoms with Gasteiger partial charge in [-0.15, -0.1) is 0 Å². The Labute approximate surface area is 118 Å². The molecule has 1 unspecified atom stereocenters. The van der Waals surface area contributed by atoms with Crippen molar-refractivity contribution in [1.82, 2.24) is 20.2 Å². The van der Waals surface area contributed by atoms with E-state index in [2.05, 4.69) is 29.1 Å². The van der Waals surface area contributed by atoms with Gasteiger partial charge in [-0.05, 0) is 25.3 Å². The van der Waals surface area contributed by atoms with Crippen molar-refractivity contribution < 1.29 is 4.79 Å². The van der Waals surface area contributed by atoms with E-state index in [1.165, 1.54) is 6.20 Å². The number of hydrogen-bond donors (Lipinski definition) is 2. The van der Waals surface area contributed by atoms with Crippen LogP contribution < -0.4 is 10.9 Å². The van der Waals surface area contributed by atoms with Crippen LogP contribution in [0.1, 0.15) is 37.2 Å². The molecule has 1 aliphatic heterocycles. The fraction of sp³-hybridized carbons (Fsp3) is 0.643. The molecule has 0 saturated carbocycles. The highest BCUT2D eigenvalue weighted by Crippen LogP contribution is 2.11. The summed E-state index contributed by atoms with van der Waals surface area (Å²) in [6.07, 6.45) is 4.79. The summed E-state index contributed by atoms with van der Waals surface area (Å²) in [6.45, 7) is 6.58. The van der Waals surface area contributed by atoms with E-state index in [-0.39, 0.29) is 11.5 Å². The Balaban J connectivity index is 2.09. The molecule has 1 saturated heterocycles. The fourth-order valence-corrected chi connectivity index (χ4v) is 2.48. The Morgan fingerprint density at radius 1 is 1.55 bits per heavy atom. The minimum Gasteiger partial charge on any atom is -0.335 e. The average molecular weight is 278 g/mol. The lowest BCUT2D eigenvalue weighted by atomic mass is 10.1. The molecule has 1 aliphatic rings. The predicted molar refractivity (Wildman–Crippen MR) is 76.6 cm³/mol. The summed E-state index contributed by atoms with van der Waals surface area (Å²) >= 11 is 0. The smallest absolute Gasteiger partial charge is 0.274 e. The number of carbonyl (C=O) groups excluding carboxylic acids is 1. The maximum atomic E-state index is 12.5. The van der Waals surface area contributed by atoms with Gasteiger partial charge in [-0.3, -0.25) is 9.59 Å². The van der Waals surface area contributed by atoms with Crippen molar-refractivity contribution in [3.63, 3.8) is 0 Å². The summed E-state index contributed by atoms with van der Waals surface area (Å²) in [5, 5.41) is 3.40. The van der Waals surface area contributed by atoms with Gasteiger partial charge in [-0.25, -0.2) is 4.98 Å². The minimum absolute atomic E-state index is 0.122. The number of aromatic nitrogens is 2. The first-order valence-corrected chi connectivity index (χ1v) is 7.13. The molecule has 0 aromatic carbocycles. The van der Waals surface area contributed by atoms with Gasteiger partial charge >= 0.3 is 0 Å². The van der Waals surface area contributed by atoms with Crippen LogP contribution in [0.5, 0.6) is 0 Å². The number of carbonyl (C=O) groups is 1. The van der Waals surface area contributed by atoms with Crippen LogP contribution >= 0.6 is 0 Å². The van der Waals surface area contributed by atoms with Gasteiger partial charge in [0.2, 0.25) is 0 Å². The molecule has 2 heterocycles.